The Morgan fingerprint density at radius 1 is 0.700 bits per heavy atom. The van der Waals surface area contributed by atoms with E-state index in [4.69, 9.17) is 29.7 Å². The van der Waals surface area contributed by atoms with Crippen molar-refractivity contribution in [3.05, 3.63) is 0 Å². The first-order chi connectivity index (χ1) is 4.24. The van der Waals surface area contributed by atoms with Crippen molar-refractivity contribution in [2.75, 3.05) is 0 Å². The van der Waals surface area contributed by atoms with Gasteiger partial charge in [-0.1, -0.05) is 0 Å². The molecule has 0 amide bonds. The van der Waals surface area contributed by atoms with Crippen LogP contribution in [0.1, 0.15) is 0 Å². The molecule has 0 heterocycles. The van der Waals surface area contributed by atoms with Crippen LogP contribution >= 0.6 is 9.90 Å². The van der Waals surface area contributed by atoms with Crippen LogP contribution in [0, 0.1) is 0 Å². The Kier molecular flexibility index (Phi) is 251. The van der Waals surface area contributed by atoms with Crippen LogP contribution in [0.2, 0.25) is 0 Å². The van der Waals surface area contributed by atoms with Crippen LogP contribution in [-0.2, 0) is 14.4 Å². The zero-order valence-electron chi connectivity index (χ0n) is 4.63. The summed E-state index contributed by atoms with van der Waals surface area (Å²) in [5.41, 5.74) is 0. The van der Waals surface area contributed by atoms with Gasteiger partial charge in [-0.3, -0.25) is 0 Å². The summed E-state index contributed by atoms with van der Waals surface area (Å²) in [5.74, 6) is 0. The van der Waals surface area contributed by atoms with Gasteiger partial charge in [0, 0.05) is 19.4 Å². The van der Waals surface area contributed by atoms with E-state index in [0.717, 1.165) is 0 Å². The van der Waals surface area contributed by atoms with Crippen molar-refractivity contribution in [1.29, 1.82) is 0 Å². The number of hydrogen-bond donors (Lipinski definition) is 0. The minimum Gasteiger partial charge on any atom is -0.554 e. The van der Waals surface area contributed by atoms with Gasteiger partial charge in [0.15, 0.2) is 0 Å². The zero-order chi connectivity index (χ0) is 8.12. The standard InChI is InChI=1S/3CH2O2.P/c3*2-1-3;/h3*1H,(H,2,3);/q;;;+3/p-3. The van der Waals surface area contributed by atoms with Gasteiger partial charge in [0.1, 0.15) is 0 Å². The number of rotatable bonds is 0. The summed E-state index contributed by atoms with van der Waals surface area (Å²) in [6.45, 7) is -1.50. The van der Waals surface area contributed by atoms with Crippen LogP contribution in [0.3, 0.4) is 0 Å². The van der Waals surface area contributed by atoms with Crippen molar-refractivity contribution in [2.24, 2.45) is 0 Å². The molecule has 0 atom stereocenters. The molecular formula is C3H3O6P. The summed E-state index contributed by atoms with van der Waals surface area (Å²) in [6.07, 6.45) is 0. The molecule has 0 spiro atoms. The van der Waals surface area contributed by atoms with Gasteiger partial charge in [-0.15, -0.1) is 0 Å². The first kappa shape index (κ1) is 23.2. The van der Waals surface area contributed by atoms with Crippen LogP contribution in [-0.4, -0.2) is 19.4 Å². The molecule has 0 saturated heterocycles. The van der Waals surface area contributed by atoms with E-state index < -0.39 is 19.4 Å². The van der Waals surface area contributed by atoms with E-state index in [-0.39, 0.29) is 9.90 Å². The summed E-state index contributed by atoms with van der Waals surface area (Å²) >= 11 is 0. The molecule has 7 heteroatoms. The molecule has 0 aromatic carbocycles. The molecule has 0 N–H and O–H groups in total. The molecule has 0 aromatic heterocycles. The molecule has 56 valence electrons. The topological polar surface area (TPSA) is 120 Å². The summed E-state index contributed by atoms with van der Waals surface area (Å²) in [5, 5.41) is 24.8. The van der Waals surface area contributed by atoms with E-state index in [1.807, 2.05) is 0 Å². The van der Waals surface area contributed by atoms with Crippen molar-refractivity contribution >= 4 is 29.3 Å². The third-order valence-corrected chi connectivity index (χ3v) is 0. The predicted molar refractivity (Wildman–Crippen MR) is 25.1 cm³/mol. The third-order valence-electron chi connectivity index (χ3n) is 0. The predicted octanol–water partition coefficient (Wildman–Crippen LogP) is -4.04. The Balaban J connectivity index is -0.0000000257. The summed E-state index contributed by atoms with van der Waals surface area (Å²) < 4.78 is 0. The van der Waals surface area contributed by atoms with Crippen molar-refractivity contribution in [3.8, 4) is 0 Å². The Labute approximate surface area is 60.1 Å². The van der Waals surface area contributed by atoms with Gasteiger partial charge in [-0.05, 0) is 0 Å². The maximum atomic E-state index is 8.25. The third kappa shape index (κ3) is 173. The van der Waals surface area contributed by atoms with Crippen LogP contribution < -0.4 is 15.3 Å². The molecule has 0 aromatic rings. The van der Waals surface area contributed by atoms with Crippen molar-refractivity contribution in [1.82, 2.24) is 0 Å². The Morgan fingerprint density at radius 2 is 0.700 bits per heavy atom. The molecule has 2 radical (unpaired) electrons. The fourth-order valence-corrected chi connectivity index (χ4v) is 0. The van der Waals surface area contributed by atoms with E-state index in [9.17, 15) is 0 Å². The molecule has 0 rings (SSSR count). The van der Waals surface area contributed by atoms with Crippen molar-refractivity contribution < 1.29 is 29.7 Å². The van der Waals surface area contributed by atoms with Gasteiger partial charge < -0.3 is 29.7 Å². The van der Waals surface area contributed by atoms with Crippen molar-refractivity contribution in [2.45, 2.75) is 0 Å². The number of carbonyl (C=O) groups is 3. The van der Waals surface area contributed by atoms with Gasteiger partial charge in [-0.2, -0.15) is 0 Å². The summed E-state index contributed by atoms with van der Waals surface area (Å²) in [4.78, 5) is 24.8. The van der Waals surface area contributed by atoms with E-state index in [1.54, 1.807) is 0 Å². The summed E-state index contributed by atoms with van der Waals surface area (Å²) in [6, 6.07) is 0. The SMILES string of the molecule is O=C[O-].O=C[O-].O=C[O-].[P+3]. The zero-order valence-corrected chi connectivity index (χ0v) is 5.52. The normalized spacial score (nSPS) is 3.60. The molecule has 0 unspecified atom stereocenters. The summed E-state index contributed by atoms with van der Waals surface area (Å²) in [7, 11) is 0. The van der Waals surface area contributed by atoms with Gasteiger partial charge >= 0.3 is 9.90 Å². The first-order valence-corrected chi connectivity index (χ1v) is 1.41. The number of carbonyl (C=O) groups excluding carboxylic acids is 3. The average molecular weight is 166 g/mol. The van der Waals surface area contributed by atoms with Crippen LogP contribution in [0.15, 0.2) is 0 Å². The molecule has 6 nitrogen and oxygen atoms in total. The minimum atomic E-state index is -0.500. The maximum absolute atomic E-state index is 8.25. The number of hydrogen-bond acceptors (Lipinski definition) is 6. The van der Waals surface area contributed by atoms with Gasteiger partial charge in [0.05, 0.1) is 0 Å². The Hall–Kier alpha value is -1.16. The minimum absolute atomic E-state index is 0. The molecular weight excluding hydrogens is 163 g/mol. The van der Waals surface area contributed by atoms with E-state index >= 15 is 0 Å². The monoisotopic (exact) mass is 166 g/mol. The molecule has 0 saturated carbocycles. The van der Waals surface area contributed by atoms with E-state index in [2.05, 4.69) is 0 Å². The smallest absolute Gasteiger partial charge is 0.554 e. The van der Waals surface area contributed by atoms with Crippen LogP contribution in [0.4, 0.5) is 0 Å². The second-order valence-electron chi connectivity index (χ2n) is 0.289. The second-order valence-corrected chi connectivity index (χ2v) is 0.289. The molecule has 0 aliphatic rings. The largest absolute Gasteiger partial charge is 3.00 e. The number of carboxylic acid groups (broad SMARTS) is 3. The second kappa shape index (κ2) is 108. The first-order valence-electron chi connectivity index (χ1n) is 1.41. The van der Waals surface area contributed by atoms with Crippen LogP contribution in [0.25, 0.3) is 0 Å². The van der Waals surface area contributed by atoms with Gasteiger partial charge in [-0.25, -0.2) is 0 Å². The average Bonchev–Trinajstić information content (AvgIpc) is 1.70. The van der Waals surface area contributed by atoms with E-state index in [0.29, 0.717) is 0 Å². The fourth-order valence-electron chi connectivity index (χ4n) is 0. The Morgan fingerprint density at radius 3 is 0.700 bits per heavy atom. The molecule has 10 heavy (non-hydrogen) atoms. The quantitative estimate of drug-likeness (QED) is 0.266. The molecule has 0 bridgehead atoms. The van der Waals surface area contributed by atoms with E-state index in [1.165, 1.54) is 0 Å². The molecule has 0 aliphatic carbocycles. The fraction of sp³-hybridized carbons (Fsp3) is 0. The van der Waals surface area contributed by atoms with Crippen molar-refractivity contribution in [3.63, 3.8) is 0 Å². The molecule has 0 fully saturated rings. The Bertz CT molecular complexity index is 49.7. The maximum Gasteiger partial charge on any atom is 3.00 e. The van der Waals surface area contributed by atoms with Gasteiger partial charge in [0.25, 0.3) is 0 Å². The molecule has 0 aliphatic heterocycles. The van der Waals surface area contributed by atoms with Crippen LogP contribution in [0.5, 0.6) is 0 Å². The van der Waals surface area contributed by atoms with Gasteiger partial charge in [0.2, 0.25) is 0 Å².